The smallest absolute Gasteiger partial charge is 0.337 e. The maximum absolute atomic E-state index is 12.8. The van der Waals surface area contributed by atoms with Crippen LogP contribution in [0.4, 0.5) is 5.69 Å². The highest BCUT2D eigenvalue weighted by Gasteiger charge is 2.29. The number of para-hydroxylation sites is 1. The van der Waals surface area contributed by atoms with Gasteiger partial charge in [0.1, 0.15) is 6.54 Å². The summed E-state index contributed by atoms with van der Waals surface area (Å²) in [7, 11) is -4.23. The quantitative estimate of drug-likeness (QED) is 0.824. The van der Waals surface area contributed by atoms with Gasteiger partial charge in [-0.15, -0.1) is 0 Å². The monoisotopic (exact) mass is 349 g/mol. The molecule has 0 saturated carbocycles. The van der Waals surface area contributed by atoms with Gasteiger partial charge in [0.2, 0.25) is 0 Å². The SMILES string of the molecule is Cc1ccc(S(=O)(=O)N(CC(=O)O)c2ccccc2C(=O)O)cc1. The first kappa shape index (κ1) is 17.5. The second-order valence-corrected chi connectivity index (χ2v) is 6.90. The van der Waals surface area contributed by atoms with Gasteiger partial charge in [-0.3, -0.25) is 9.10 Å². The first-order chi connectivity index (χ1) is 11.2. The number of aromatic carboxylic acids is 1. The van der Waals surface area contributed by atoms with Crippen molar-refractivity contribution < 1.29 is 28.2 Å². The number of carboxylic acids is 2. The molecule has 2 N–H and O–H groups in total. The van der Waals surface area contributed by atoms with Crippen molar-refractivity contribution in [3.05, 3.63) is 59.7 Å². The van der Waals surface area contributed by atoms with Crippen LogP contribution in [0.25, 0.3) is 0 Å². The molecule has 0 aliphatic rings. The summed E-state index contributed by atoms with van der Waals surface area (Å²) in [6.07, 6.45) is 0. The molecule has 0 atom stereocenters. The Hall–Kier alpha value is -2.87. The second-order valence-electron chi connectivity index (χ2n) is 5.04. The molecule has 0 saturated heterocycles. The molecule has 7 nitrogen and oxygen atoms in total. The number of sulfonamides is 1. The fourth-order valence-corrected chi connectivity index (χ4v) is 3.56. The third-order valence-corrected chi connectivity index (χ3v) is 5.06. The van der Waals surface area contributed by atoms with Gasteiger partial charge in [-0.1, -0.05) is 29.8 Å². The van der Waals surface area contributed by atoms with E-state index in [2.05, 4.69) is 0 Å². The molecule has 126 valence electrons. The van der Waals surface area contributed by atoms with Gasteiger partial charge in [-0.2, -0.15) is 0 Å². The number of carboxylic acid groups (broad SMARTS) is 2. The van der Waals surface area contributed by atoms with E-state index in [-0.39, 0.29) is 16.1 Å². The number of hydrogen-bond acceptors (Lipinski definition) is 4. The zero-order valence-corrected chi connectivity index (χ0v) is 13.5. The molecular weight excluding hydrogens is 334 g/mol. The van der Waals surface area contributed by atoms with Gasteiger partial charge in [-0.05, 0) is 31.2 Å². The number of aliphatic carboxylic acids is 1. The summed E-state index contributed by atoms with van der Waals surface area (Å²) in [5.74, 6) is -2.74. The summed E-state index contributed by atoms with van der Waals surface area (Å²) in [6.45, 7) is 0.894. The van der Waals surface area contributed by atoms with Gasteiger partial charge in [0.05, 0.1) is 16.1 Å². The van der Waals surface area contributed by atoms with Gasteiger partial charge in [0.15, 0.2) is 0 Å². The normalized spacial score (nSPS) is 11.0. The molecular formula is C16H15NO6S. The highest BCUT2D eigenvalue weighted by Crippen LogP contribution is 2.27. The first-order valence-electron chi connectivity index (χ1n) is 6.87. The van der Waals surface area contributed by atoms with Crippen molar-refractivity contribution in [3.8, 4) is 0 Å². The van der Waals surface area contributed by atoms with Gasteiger partial charge in [-0.25, -0.2) is 13.2 Å². The Bertz CT molecular complexity index is 874. The van der Waals surface area contributed by atoms with Crippen LogP contribution in [-0.2, 0) is 14.8 Å². The molecule has 0 fully saturated rings. The zero-order valence-electron chi connectivity index (χ0n) is 12.7. The van der Waals surface area contributed by atoms with Crippen LogP contribution in [0.1, 0.15) is 15.9 Å². The number of benzene rings is 2. The number of nitrogens with zero attached hydrogens (tertiary/aromatic N) is 1. The lowest BCUT2D eigenvalue weighted by atomic mass is 10.2. The Kier molecular flexibility index (Phi) is 4.89. The lowest BCUT2D eigenvalue weighted by molar-refractivity contribution is -0.135. The van der Waals surface area contributed by atoms with Gasteiger partial charge in [0.25, 0.3) is 10.0 Å². The Morgan fingerprint density at radius 1 is 1.00 bits per heavy atom. The molecule has 2 rings (SSSR count). The van der Waals surface area contributed by atoms with E-state index in [0.29, 0.717) is 4.31 Å². The second kappa shape index (κ2) is 6.71. The summed E-state index contributed by atoms with van der Waals surface area (Å²) in [5.41, 5.74) is 0.340. The van der Waals surface area contributed by atoms with Crippen molar-refractivity contribution in [2.45, 2.75) is 11.8 Å². The fourth-order valence-electron chi connectivity index (χ4n) is 2.13. The average molecular weight is 349 g/mol. The Labute approximate surface area is 138 Å². The van der Waals surface area contributed by atoms with Crippen LogP contribution in [-0.4, -0.2) is 37.1 Å². The van der Waals surface area contributed by atoms with Gasteiger partial charge < -0.3 is 10.2 Å². The average Bonchev–Trinajstić information content (AvgIpc) is 2.52. The van der Waals surface area contributed by atoms with Crippen LogP contribution in [0.15, 0.2) is 53.4 Å². The fraction of sp³-hybridized carbons (Fsp3) is 0.125. The topological polar surface area (TPSA) is 112 Å². The molecule has 8 heteroatoms. The molecule has 2 aromatic carbocycles. The van der Waals surface area contributed by atoms with E-state index in [4.69, 9.17) is 5.11 Å². The Balaban J connectivity index is 2.63. The van der Waals surface area contributed by atoms with Crippen LogP contribution >= 0.6 is 0 Å². The molecule has 0 unspecified atom stereocenters. The summed E-state index contributed by atoms with van der Waals surface area (Å²) >= 11 is 0. The number of hydrogen-bond donors (Lipinski definition) is 2. The number of anilines is 1. The minimum atomic E-state index is -4.23. The van der Waals surface area contributed by atoms with E-state index in [1.54, 1.807) is 19.1 Å². The lowest BCUT2D eigenvalue weighted by Gasteiger charge is -2.24. The van der Waals surface area contributed by atoms with E-state index >= 15 is 0 Å². The van der Waals surface area contributed by atoms with Crippen molar-refractivity contribution in [1.29, 1.82) is 0 Å². The third-order valence-electron chi connectivity index (χ3n) is 3.29. The van der Waals surface area contributed by atoms with Crippen LogP contribution in [0.2, 0.25) is 0 Å². The van der Waals surface area contributed by atoms with Crippen LogP contribution in [0.5, 0.6) is 0 Å². The third kappa shape index (κ3) is 3.54. The Morgan fingerprint density at radius 2 is 1.58 bits per heavy atom. The molecule has 0 aliphatic heterocycles. The molecule has 0 bridgehead atoms. The van der Waals surface area contributed by atoms with Gasteiger partial charge in [0, 0.05) is 0 Å². The predicted molar refractivity (Wildman–Crippen MR) is 86.7 cm³/mol. The summed E-state index contributed by atoms with van der Waals surface area (Å²) in [4.78, 5) is 22.4. The summed E-state index contributed by atoms with van der Waals surface area (Å²) in [6, 6.07) is 11.2. The number of aryl methyl sites for hydroxylation is 1. The standard InChI is InChI=1S/C16H15NO6S/c1-11-6-8-12(9-7-11)24(22,23)17(10-15(18)19)14-5-3-2-4-13(14)16(20)21/h2-9H,10H2,1H3,(H,18,19)(H,20,21). The molecule has 0 aromatic heterocycles. The maximum Gasteiger partial charge on any atom is 0.337 e. The molecule has 0 spiro atoms. The molecule has 0 radical (unpaired) electrons. The lowest BCUT2D eigenvalue weighted by Crippen LogP contribution is -2.36. The minimum Gasteiger partial charge on any atom is -0.480 e. The van der Waals surface area contributed by atoms with Crippen molar-refractivity contribution in [2.75, 3.05) is 10.8 Å². The van der Waals surface area contributed by atoms with Crippen molar-refractivity contribution in [3.63, 3.8) is 0 Å². The largest absolute Gasteiger partial charge is 0.480 e. The highest BCUT2D eigenvalue weighted by atomic mass is 32.2. The van der Waals surface area contributed by atoms with E-state index in [1.165, 1.54) is 36.4 Å². The van der Waals surface area contributed by atoms with Crippen LogP contribution < -0.4 is 4.31 Å². The van der Waals surface area contributed by atoms with Gasteiger partial charge >= 0.3 is 11.9 Å². The van der Waals surface area contributed by atoms with E-state index in [9.17, 15) is 23.1 Å². The molecule has 0 aliphatic carbocycles. The van der Waals surface area contributed by atoms with Crippen molar-refractivity contribution in [2.24, 2.45) is 0 Å². The minimum absolute atomic E-state index is 0.116. The number of carbonyl (C=O) groups is 2. The molecule has 2 aromatic rings. The maximum atomic E-state index is 12.8. The van der Waals surface area contributed by atoms with Crippen molar-refractivity contribution >= 4 is 27.6 Å². The number of rotatable bonds is 6. The zero-order chi connectivity index (χ0) is 17.9. The van der Waals surface area contributed by atoms with E-state index < -0.39 is 28.5 Å². The summed E-state index contributed by atoms with van der Waals surface area (Å²) in [5, 5.41) is 18.3. The van der Waals surface area contributed by atoms with Crippen LogP contribution in [0.3, 0.4) is 0 Å². The van der Waals surface area contributed by atoms with Crippen LogP contribution in [0, 0.1) is 6.92 Å². The first-order valence-corrected chi connectivity index (χ1v) is 8.31. The summed E-state index contributed by atoms with van der Waals surface area (Å²) < 4.78 is 26.2. The predicted octanol–water partition coefficient (Wildman–Crippen LogP) is 1.97. The highest BCUT2D eigenvalue weighted by molar-refractivity contribution is 7.92. The Morgan fingerprint density at radius 3 is 2.12 bits per heavy atom. The molecule has 0 heterocycles. The molecule has 24 heavy (non-hydrogen) atoms. The molecule has 0 amide bonds. The van der Waals surface area contributed by atoms with E-state index in [0.717, 1.165) is 5.56 Å². The van der Waals surface area contributed by atoms with E-state index in [1.807, 2.05) is 0 Å². The van der Waals surface area contributed by atoms with Crippen molar-refractivity contribution in [1.82, 2.24) is 0 Å².